The minimum Gasteiger partial charge on any atom is -0.469 e. The van der Waals surface area contributed by atoms with Gasteiger partial charge < -0.3 is 15.4 Å². The Morgan fingerprint density at radius 2 is 2.20 bits per heavy atom. The van der Waals surface area contributed by atoms with Crippen LogP contribution in [0.5, 0.6) is 0 Å². The van der Waals surface area contributed by atoms with Crippen molar-refractivity contribution >= 4 is 17.6 Å². The monoisotopic (exact) mass is 276 g/mol. The average Bonchev–Trinajstić information content (AvgIpc) is 2.36. The van der Waals surface area contributed by atoms with Crippen LogP contribution in [0.15, 0.2) is 24.3 Å². The molecular formula is C15H20N2O3. The first-order valence-electron chi connectivity index (χ1n) is 6.77. The molecule has 0 radical (unpaired) electrons. The average molecular weight is 276 g/mol. The number of carbonyl (C=O) groups excluding carboxylic acids is 2. The summed E-state index contributed by atoms with van der Waals surface area (Å²) < 4.78 is 4.63. The third kappa shape index (κ3) is 3.57. The molecular weight excluding hydrogens is 256 g/mol. The van der Waals surface area contributed by atoms with Gasteiger partial charge in [-0.1, -0.05) is 19.1 Å². The molecule has 1 amide bonds. The summed E-state index contributed by atoms with van der Waals surface area (Å²) in [7, 11) is 1.36. The van der Waals surface area contributed by atoms with Crippen LogP contribution in [0.4, 0.5) is 5.69 Å². The van der Waals surface area contributed by atoms with E-state index in [0.29, 0.717) is 5.92 Å². The molecule has 1 aliphatic heterocycles. The first-order chi connectivity index (χ1) is 9.60. The lowest BCUT2D eigenvalue weighted by Gasteiger charge is -2.31. The zero-order chi connectivity index (χ0) is 14.5. The van der Waals surface area contributed by atoms with Crippen molar-refractivity contribution in [2.24, 2.45) is 11.8 Å². The number of rotatable bonds is 5. The van der Waals surface area contributed by atoms with E-state index in [9.17, 15) is 9.59 Å². The van der Waals surface area contributed by atoms with Crippen molar-refractivity contribution in [3.05, 3.63) is 29.8 Å². The van der Waals surface area contributed by atoms with Crippen LogP contribution in [0.25, 0.3) is 0 Å². The van der Waals surface area contributed by atoms with E-state index in [1.807, 2.05) is 25.1 Å². The Hall–Kier alpha value is -1.88. The summed E-state index contributed by atoms with van der Waals surface area (Å²) >= 11 is 0. The van der Waals surface area contributed by atoms with Gasteiger partial charge in [0.2, 0.25) is 5.91 Å². The van der Waals surface area contributed by atoms with Crippen LogP contribution in [0.3, 0.4) is 0 Å². The fourth-order valence-corrected chi connectivity index (χ4v) is 2.13. The van der Waals surface area contributed by atoms with Crippen LogP contribution in [-0.2, 0) is 20.7 Å². The Morgan fingerprint density at radius 3 is 2.80 bits per heavy atom. The zero-order valence-electron chi connectivity index (χ0n) is 11.8. The molecule has 0 saturated carbocycles. The summed E-state index contributed by atoms with van der Waals surface area (Å²) in [5, 5.41) is 6.07. The first kappa shape index (κ1) is 14.5. The van der Waals surface area contributed by atoms with E-state index < -0.39 is 0 Å². The second-order valence-corrected chi connectivity index (χ2v) is 5.15. The van der Waals surface area contributed by atoms with Gasteiger partial charge in [0.05, 0.1) is 13.5 Å². The van der Waals surface area contributed by atoms with E-state index in [0.717, 1.165) is 24.3 Å². The number of methoxy groups -OCH3 is 1. The van der Waals surface area contributed by atoms with Crippen molar-refractivity contribution in [2.75, 3.05) is 25.5 Å². The molecule has 2 N–H and O–H groups in total. The van der Waals surface area contributed by atoms with Gasteiger partial charge in [-0.2, -0.15) is 0 Å². The fraction of sp³-hybridized carbons (Fsp3) is 0.467. The second-order valence-electron chi connectivity index (χ2n) is 5.15. The van der Waals surface area contributed by atoms with E-state index in [1.165, 1.54) is 7.11 Å². The van der Waals surface area contributed by atoms with Gasteiger partial charge in [0.15, 0.2) is 0 Å². The molecule has 2 rings (SSSR count). The standard InChI is InChI=1S/C15H20N2O3/c1-10(12-8-16-9-12)15(19)17-13-5-3-4-11(6-13)7-14(18)20-2/h3-6,10,12,16H,7-9H2,1-2H3,(H,17,19). The molecule has 0 spiro atoms. The smallest absolute Gasteiger partial charge is 0.309 e. The Bertz CT molecular complexity index is 498. The summed E-state index contributed by atoms with van der Waals surface area (Å²) in [5.74, 6) is 0.128. The number of amides is 1. The molecule has 0 bridgehead atoms. The number of hydrogen-bond donors (Lipinski definition) is 2. The minimum atomic E-state index is -0.289. The molecule has 1 aliphatic rings. The molecule has 1 atom stereocenters. The predicted octanol–water partition coefficient (Wildman–Crippen LogP) is 1.20. The summed E-state index contributed by atoms with van der Waals surface area (Å²) in [4.78, 5) is 23.3. The molecule has 0 aliphatic carbocycles. The molecule has 20 heavy (non-hydrogen) atoms. The van der Waals surface area contributed by atoms with E-state index >= 15 is 0 Å². The first-order valence-corrected chi connectivity index (χ1v) is 6.77. The lowest BCUT2D eigenvalue weighted by atomic mass is 9.88. The van der Waals surface area contributed by atoms with Gasteiger partial charge in [-0.3, -0.25) is 9.59 Å². The highest BCUT2D eigenvalue weighted by Crippen LogP contribution is 2.19. The fourth-order valence-electron chi connectivity index (χ4n) is 2.13. The van der Waals surface area contributed by atoms with Crippen molar-refractivity contribution in [2.45, 2.75) is 13.3 Å². The molecule has 1 fully saturated rings. The lowest BCUT2D eigenvalue weighted by molar-refractivity contribution is -0.139. The van der Waals surface area contributed by atoms with Crippen molar-refractivity contribution in [3.63, 3.8) is 0 Å². The number of esters is 1. The quantitative estimate of drug-likeness (QED) is 0.793. The van der Waals surface area contributed by atoms with Gasteiger partial charge >= 0.3 is 5.97 Å². The third-order valence-electron chi connectivity index (χ3n) is 3.70. The number of anilines is 1. The Balaban J connectivity index is 1.96. The van der Waals surface area contributed by atoms with Crippen molar-refractivity contribution in [1.29, 1.82) is 0 Å². The summed E-state index contributed by atoms with van der Waals surface area (Å²) in [6, 6.07) is 7.29. The van der Waals surface area contributed by atoms with E-state index in [2.05, 4.69) is 15.4 Å². The number of carbonyl (C=O) groups is 2. The maximum absolute atomic E-state index is 12.1. The summed E-state index contributed by atoms with van der Waals surface area (Å²) in [5.41, 5.74) is 1.54. The molecule has 108 valence electrons. The van der Waals surface area contributed by atoms with Gasteiger partial charge in [-0.15, -0.1) is 0 Å². The van der Waals surface area contributed by atoms with Crippen LogP contribution in [0, 0.1) is 11.8 Å². The van der Waals surface area contributed by atoms with Crippen LogP contribution in [0.1, 0.15) is 12.5 Å². The Morgan fingerprint density at radius 1 is 1.45 bits per heavy atom. The predicted molar refractivity (Wildman–Crippen MR) is 76.3 cm³/mol. The molecule has 5 nitrogen and oxygen atoms in total. The van der Waals surface area contributed by atoms with Crippen molar-refractivity contribution in [3.8, 4) is 0 Å². The van der Waals surface area contributed by atoms with Crippen molar-refractivity contribution < 1.29 is 14.3 Å². The highest BCUT2D eigenvalue weighted by molar-refractivity contribution is 5.92. The van der Waals surface area contributed by atoms with Crippen LogP contribution in [-0.4, -0.2) is 32.1 Å². The topological polar surface area (TPSA) is 67.4 Å². The normalized spacial score (nSPS) is 16.1. The van der Waals surface area contributed by atoms with Gasteiger partial charge in [0.25, 0.3) is 0 Å². The van der Waals surface area contributed by atoms with Gasteiger partial charge in [0, 0.05) is 11.6 Å². The number of nitrogens with one attached hydrogen (secondary N) is 2. The zero-order valence-corrected chi connectivity index (χ0v) is 11.8. The molecule has 1 heterocycles. The molecule has 1 unspecified atom stereocenters. The molecule has 1 saturated heterocycles. The Labute approximate surface area is 118 Å². The highest BCUT2D eigenvalue weighted by Gasteiger charge is 2.28. The number of benzene rings is 1. The van der Waals surface area contributed by atoms with Crippen LogP contribution in [0.2, 0.25) is 0 Å². The number of hydrogen-bond acceptors (Lipinski definition) is 4. The second kappa shape index (κ2) is 6.52. The SMILES string of the molecule is COC(=O)Cc1cccc(NC(=O)C(C)C2CNC2)c1. The Kier molecular flexibility index (Phi) is 4.74. The van der Waals surface area contributed by atoms with Gasteiger partial charge in [-0.05, 0) is 36.7 Å². The lowest BCUT2D eigenvalue weighted by Crippen LogP contribution is -2.48. The van der Waals surface area contributed by atoms with E-state index in [4.69, 9.17) is 0 Å². The maximum atomic E-state index is 12.1. The largest absolute Gasteiger partial charge is 0.469 e. The van der Waals surface area contributed by atoms with Crippen LogP contribution >= 0.6 is 0 Å². The summed E-state index contributed by atoms with van der Waals surface area (Å²) in [6.45, 7) is 3.74. The minimum absolute atomic E-state index is 0.0134. The van der Waals surface area contributed by atoms with E-state index in [1.54, 1.807) is 6.07 Å². The van der Waals surface area contributed by atoms with Gasteiger partial charge in [-0.25, -0.2) is 0 Å². The van der Waals surface area contributed by atoms with Crippen LogP contribution < -0.4 is 10.6 Å². The highest BCUT2D eigenvalue weighted by atomic mass is 16.5. The summed E-state index contributed by atoms with van der Waals surface area (Å²) in [6.07, 6.45) is 0.211. The molecule has 1 aromatic carbocycles. The molecule has 0 aromatic heterocycles. The molecule has 1 aromatic rings. The van der Waals surface area contributed by atoms with Crippen molar-refractivity contribution in [1.82, 2.24) is 5.32 Å². The number of ether oxygens (including phenoxy) is 1. The maximum Gasteiger partial charge on any atom is 0.309 e. The van der Waals surface area contributed by atoms with E-state index in [-0.39, 0.29) is 24.2 Å². The third-order valence-corrected chi connectivity index (χ3v) is 3.70. The van der Waals surface area contributed by atoms with Gasteiger partial charge in [0.1, 0.15) is 0 Å². The molecule has 5 heteroatoms.